The molecule has 8 heavy (non-hydrogen) atoms. The van der Waals surface area contributed by atoms with Crippen LogP contribution in [0.2, 0.25) is 0 Å². The second-order valence-electron chi connectivity index (χ2n) is 1.61. The Labute approximate surface area is 49.8 Å². The van der Waals surface area contributed by atoms with Crippen molar-refractivity contribution < 1.29 is 0 Å². The van der Waals surface area contributed by atoms with Gasteiger partial charge < -0.3 is 5.32 Å². The Hall–Kier alpha value is -0.970. The van der Waals surface area contributed by atoms with Crippen molar-refractivity contribution in [2.24, 2.45) is 0 Å². The van der Waals surface area contributed by atoms with Crippen LogP contribution in [-0.4, -0.2) is 7.05 Å². The fraction of sp³-hybridized carbons (Fsp3) is 0.500. The average Bonchev–Trinajstić information content (AvgIpc) is 1.68. The Balaban J connectivity index is 3.49. The summed E-state index contributed by atoms with van der Waals surface area (Å²) in [6.07, 6.45) is 2.34. The smallest absolute Gasteiger partial charge is 0.0666 e. The quantitative estimate of drug-likeness (QED) is 0.576. The van der Waals surface area contributed by atoms with Gasteiger partial charge in [0.05, 0.1) is 12.5 Å². The lowest BCUT2D eigenvalue weighted by atomic mass is 10.2. The maximum atomic E-state index is 8.14. The number of hydrogen-bond acceptors (Lipinski definition) is 2. The molecule has 0 radical (unpaired) electrons. The molecule has 44 valence electrons. The fourth-order valence-electron chi connectivity index (χ4n) is 0.422. The minimum absolute atomic E-state index is 0.515. The van der Waals surface area contributed by atoms with Crippen molar-refractivity contribution in [1.29, 1.82) is 5.26 Å². The monoisotopic (exact) mass is 110 g/mol. The summed E-state index contributed by atoms with van der Waals surface area (Å²) in [4.78, 5) is 0. The normalized spacial score (nSPS) is 10.4. The molecule has 0 aliphatic rings. The van der Waals surface area contributed by atoms with Crippen molar-refractivity contribution in [2.75, 3.05) is 7.05 Å². The third-order valence-electron chi connectivity index (χ3n) is 0.749. The summed E-state index contributed by atoms with van der Waals surface area (Å²) >= 11 is 0. The van der Waals surface area contributed by atoms with Crippen molar-refractivity contribution in [3.8, 4) is 6.07 Å². The van der Waals surface area contributed by atoms with Gasteiger partial charge in [-0.2, -0.15) is 5.26 Å². The van der Waals surface area contributed by atoms with E-state index < -0.39 is 0 Å². The van der Waals surface area contributed by atoms with Crippen molar-refractivity contribution >= 4 is 0 Å². The van der Waals surface area contributed by atoms with Gasteiger partial charge in [-0.05, 0) is 18.7 Å². The third-order valence-corrected chi connectivity index (χ3v) is 0.749. The molecule has 0 amide bonds. The van der Waals surface area contributed by atoms with E-state index in [1.54, 1.807) is 0 Å². The highest BCUT2D eigenvalue weighted by molar-refractivity contribution is 5.02. The summed E-state index contributed by atoms with van der Waals surface area (Å²) in [6.45, 7) is 1.92. The molecule has 0 unspecified atom stereocenters. The zero-order valence-electron chi connectivity index (χ0n) is 5.23. The lowest BCUT2D eigenvalue weighted by molar-refractivity contribution is 1.05. The van der Waals surface area contributed by atoms with Crippen LogP contribution in [0.3, 0.4) is 0 Å². The second-order valence-corrected chi connectivity index (χ2v) is 1.61. The minimum Gasteiger partial charge on any atom is -0.394 e. The first kappa shape index (κ1) is 7.03. The number of rotatable bonds is 2. The lowest BCUT2D eigenvalue weighted by Gasteiger charge is -1.89. The Morgan fingerprint density at radius 1 is 1.88 bits per heavy atom. The Bertz CT molecular complexity index is 119. The largest absolute Gasteiger partial charge is 0.394 e. The van der Waals surface area contributed by atoms with Crippen molar-refractivity contribution in [3.63, 3.8) is 0 Å². The predicted octanol–water partition coefficient (Wildman–Crippen LogP) is 1.02. The van der Waals surface area contributed by atoms with Gasteiger partial charge in [-0.3, -0.25) is 0 Å². The molecule has 0 aromatic heterocycles. The van der Waals surface area contributed by atoms with Crippen LogP contribution in [-0.2, 0) is 0 Å². The van der Waals surface area contributed by atoms with Crippen LogP contribution in [0.4, 0.5) is 0 Å². The molecule has 0 heterocycles. The highest BCUT2D eigenvalue weighted by Crippen LogP contribution is 1.93. The second kappa shape index (κ2) is 4.20. The maximum Gasteiger partial charge on any atom is 0.0666 e. The van der Waals surface area contributed by atoms with Gasteiger partial charge in [0, 0.05) is 7.05 Å². The summed E-state index contributed by atoms with van der Waals surface area (Å²) in [5.41, 5.74) is 1.06. The molecule has 0 saturated carbocycles. The van der Waals surface area contributed by atoms with E-state index in [1.165, 1.54) is 0 Å². The zero-order chi connectivity index (χ0) is 6.41. The molecule has 0 saturated heterocycles. The Kier molecular flexibility index (Phi) is 3.69. The van der Waals surface area contributed by atoms with Crippen molar-refractivity contribution in [2.45, 2.75) is 13.3 Å². The first-order valence-corrected chi connectivity index (χ1v) is 2.51. The van der Waals surface area contributed by atoms with Crippen molar-refractivity contribution in [1.82, 2.24) is 5.32 Å². The van der Waals surface area contributed by atoms with Crippen LogP contribution in [0, 0.1) is 11.3 Å². The topological polar surface area (TPSA) is 35.8 Å². The van der Waals surface area contributed by atoms with Crippen LogP contribution in [0.15, 0.2) is 11.8 Å². The van der Waals surface area contributed by atoms with E-state index in [2.05, 4.69) is 5.32 Å². The van der Waals surface area contributed by atoms with Gasteiger partial charge in [0.15, 0.2) is 0 Å². The van der Waals surface area contributed by atoms with Gasteiger partial charge in [0.1, 0.15) is 0 Å². The van der Waals surface area contributed by atoms with E-state index in [4.69, 9.17) is 5.26 Å². The molecule has 2 nitrogen and oxygen atoms in total. The average molecular weight is 110 g/mol. The molecule has 0 aromatic carbocycles. The molecule has 0 aliphatic carbocycles. The molecule has 0 atom stereocenters. The van der Waals surface area contributed by atoms with E-state index >= 15 is 0 Å². The van der Waals surface area contributed by atoms with E-state index in [9.17, 15) is 0 Å². The molecule has 1 N–H and O–H groups in total. The van der Waals surface area contributed by atoms with Gasteiger partial charge in [-0.25, -0.2) is 0 Å². The standard InChI is InChI=1S/C6H10N2/c1-6(3-4-7)5-8-2/h5,8H,3H2,1-2H3/b6-5-. The first-order chi connectivity index (χ1) is 3.81. The number of nitrogens with zero attached hydrogens (tertiary/aromatic N) is 1. The highest BCUT2D eigenvalue weighted by atomic mass is 14.8. The summed E-state index contributed by atoms with van der Waals surface area (Å²) < 4.78 is 0. The minimum atomic E-state index is 0.515. The third kappa shape index (κ3) is 3.23. The first-order valence-electron chi connectivity index (χ1n) is 2.51. The summed E-state index contributed by atoms with van der Waals surface area (Å²) in [7, 11) is 1.82. The van der Waals surface area contributed by atoms with Gasteiger partial charge in [-0.15, -0.1) is 0 Å². The lowest BCUT2D eigenvalue weighted by Crippen LogP contribution is -1.93. The van der Waals surface area contributed by atoms with Gasteiger partial charge in [-0.1, -0.05) is 0 Å². The number of allylic oxidation sites excluding steroid dienone is 1. The summed E-state index contributed by atoms with van der Waals surface area (Å²) in [6, 6.07) is 2.04. The molecule has 2 heteroatoms. The highest BCUT2D eigenvalue weighted by Gasteiger charge is 1.81. The Morgan fingerprint density at radius 2 is 2.50 bits per heavy atom. The van der Waals surface area contributed by atoms with Crippen LogP contribution >= 0.6 is 0 Å². The van der Waals surface area contributed by atoms with Crippen LogP contribution in [0.25, 0.3) is 0 Å². The van der Waals surface area contributed by atoms with E-state index in [-0.39, 0.29) is 0 Å². The van der Waals surface area contributed by atoms with Crippen LogP contribution < -0.4 is 5.32 Å². The van der Waals surface area contributed by atoms with Gasteiger partial charge in [0.2, 0.25) is 0 Å². The number of hydrogen-bond donors (Lipinski definition) is 1. The summed E-state index contributed by atoms with van der Waals surface area (Å²) in [5.74, 6) is 0. The van der Waals surface area contributed by atoms with E-state index in [1.807, 2.05) is 26.2 Å². The molecular weight excluding hydrogens is 100 g/mol. The van der Waals surface area contributed by atoms with E-state index in [0.29, 0.717) is 6.42 Å². The van der Waals surface area contributed by atoms with Crippen LogP contribution in [0.5, 0.6) is 0 Å². The molecular formula is C6H10N2. The molecule has 0 aliphatic heterocycles. The SMILES string of the molecule is CN/C=C(/C)CC#N. The zero-order valence-corrected chi connectivity index (χ0v) is 5.23. The molecule has 0 bridgehead atoms. The van der Waals surface area contributed by atoms with E-state index in [0.717, 1.165) is 5.57 Å². The number of nitriles is 1. The molecule has 0 spiro atoms. The van der Waals surface area contributed by atoms with Gasteiger partial charge in [0.25, 0.3) is 0 Å². The van der Waals surface area contributed by atoms with Gasteiger partial charge >= 0.3 is 0 Å². The Morgan fingerprint density at radius 3 is 2.88 bits per heavy atom. The van der Waals surface area contributed by atoms with Crippen molar-refractivity contribution in [3.05, 3.63) is 11.8 Å². The molecule has 0 fully saturated rings. The fourth-order valence-corrected chi connectivity index (χ4v) is 0.422. The summed E-state index contributed by atoms with van der Waals surface area (Å²) in [5, 5.41) is 11.0. The maximum absolute atomic E-state index is 8.14. The predicted molar refractivity (Wildman–Crippen MR) is 33.0 cm³/mol. The molecule has 0 rings (SSSR count). The van der Waals surface area contributed by atoms with Crippen LogP contribution in [0.1, 0.15) is 13.3 Å². The number of nitrogens with one attached hydrogen (secondary N) is 1. The molecule has 0 aromatic rings.